The summed E-state index contributed by atoms with van der Waals surface area (Å²) in [4.78, 5) is 6.42. The summed E-state index contributed by atoms with van der Waals surface area (Å²) in [5.41, 5.74) is 0.286. The highest BCUT2D eigenvalue weighted by Gasteiger charge is 2.32. The summed E-state index contributed by atoms with van der Waals surface area (Å²) in [6.07, 6.45) is 3.97. The van der Waals surface area contributed by atoms with Crippen LogP contribution in [0.25, 0.3) is 0 Å². The number of likely N-dealkylation sites (tertiary alicyclic amines) is 1. The minimum atomic E-state index is 0.286. The van der Waals surface area contributed by atoms with Crippen LogP contribution < -0.4 is 0 Å². The van der Waals surface area contributed by atoms with Gasteiger partial charge in [0, 0.05) is 5.54 Å². The molecule has 0 spiro atoms. The molecular formula is C9H15N3O. The van der Waals surface area contributed by atoms with Crippen LogP contribution in [-0.2, 0) is 6.54 Å². The van der Waals surface area contributed by atoms with E-state index in [9.17, 15) is 0 Å². The Balaban J connectivity index is 2.02. The third-order valence-electron chi connectivity index (χ3n) is 2.81. The summed E-state index contributed by atoms with van der Waals surface area (Å²) >= 11 is 0. The molecule has 2 rings (SSSR count). The summed E-state index contributed by atoms with van der Waals surface area (Å²) in [5.74, 6) is 0.718. The van der Waals surface area contributed by atoms with Gasteiger partial charge >= 0.3 is 0 Å². The van der Waals surface area contributed by atoms with Crippen molar-refractivity contribution < 1.29 is 4.52 Å². The molecule has 0 unspecified atom stereocenters. The predicted octanol–water partition coefficient (Wildman–Crippen LogP) is 1.44. The Morgan fingerprint density at radius 2 is 2.46 bits per heavy atom. The zero-order valence-electron chi connectivity index (χ0n) is 8.16. The molecule has 1 aromatic rings. The van der Waals surface area contributed by atoms with Crippen LogP contribution in [0, 0.1) is 0 Å². The first kappa shape index (κ1) is 8.69. The van der Waals surface area contributed by atoms with E-state index in [-0.39, 0.29) is 5.54 Å². The maximum Gasteiger partial charge on any atom is 0.240 e. The lowest BCUT2D eigenvalue weighted by Gasteiger charge is -2.29. The molecule has 0 N–H and O–H groups in total. The first-order valence-electron chi connectivity index (χ1n) is 4.69. The van der Waals surface area contributed by atoms with Gasteiger partial charge in [0.2, 0.25) is 5.89 Å². The monoisotopic (exact) mass is 181 g/mol. The van der Waals surface area contributed by atoms with Crippen LogP contribution >= 0.6 is 0 Å². The number of nitrogens with zero attached hydrogens (tertiary/aromatic N) is 3. The van der Waals surface area contributed by atoms with Gasteiger partial charge in [0.05, 0.1) is 6.54 Å². The summed E-state index contributed by atoms with van der Waals surface area (Å²) in [5, 5.41) is 3.60. The van der Waals surface area contributed by atoms with Gasteiger partial charge in [-0.25, -0.2) is 0 Å². The maximum absolute atomic E-state index is 4.99. The van der Waals surface area contributed by atoms with Crippen molar-refractivity contribution in [2.45, 2.75) is 38.8 Å². The lowest BCUT2D eigenvalue weighted by molar-refractivity contribution is 0.146. The molecule has 0 aromatic carbocycles. The topological polar surface area (TPSA) is 42.2 Å². The molecule has 0 amide bonds. The molecule has 0 radical (unpaired) electrons. The van der Waals surface area contributed by atoms with Crippen LogP contribution in [0.3, 0.4) is 0 Å². The molecule has 0 aliphatic carbocycles. The van der Waals surface area contributed by atoms with Gasteiger partial charge in [-0.15, -0.1) is 0 Å². The van der Waals surface area contributed by atoms with Crippen LogP contribution in [0.2, 0.25) is 0 Å². The molecule has 4 heteroatoms. The van der Waals surface area contributed by atoms with Gasteiger partial charge in [-0.2, -0.15) is 4.98 Å². The number of aromatic nitrogens is 2. The quantitative estimate of drug-likeness (QED) is 0.692. The van der Waals surface area contributed by atoms with Gasteiger partial charge in [-0.1, -0.05) is 5.16 Å². The Hall–Kier alpha value is -0.900. The second-order valence-electron chi connectivity index (χ2n) is 4.17. The molecule has 1 aliphatic heterocycles. The van der Waals surface area contributed by atoms with Crippen LogP contribution in [-0.4, -0.2) is 27.1 Å². The van der Waals surface area contributed by atoms with Gasteiger partial charge in [0.15, 0.2) is 6.33 Å². The number of hydrogen-bond acceptors (Lipinski definition) is 4. The maximum atomic E-state index is 4.99. The molecule has 0 atom stereocenters. The lowest BCUT2D eigenvalue weighted by atomic mass is 10.0. The van der Waals surface area contributed by atoms with Crippen molar-refractivity contribution in [3.8, 4) is 0 Å². The molecular weight excluding hydrogens is 166 g/mol. The molecule has 4 nitrogen and oxygen atoms in total. The van der Waals surface area contributed by atoms with Crippen molar-refractivity contribution in [2.75, 3.05) is 6.54 Å². The molecule has 1 saturated heterocycles. The molecule has 1 aliphatic rings. The van der Waals surface area contributed by atoms with Crippen molar-refractivity contribution in [3.05, 3.63) is 12.2 Å². The SMILES string of the molecule is CC1(C)CCCN1Cc1ncno1. The van der Waals surface area contributed by atoms with Gasteiger partial charge in [0.1, 0.15) is 0 Å². The molecule has 1 fully saturated rings. The van der Waals surface area contributed by atoms with E-state index in [0.29, 0.717) is 0 Å². The Bertz CT molecular complexity index is 268. The van der Waals surface area contributed by atoms with Crippen molar-refractivity contribution in [2.24, 2.45) is 0 Å². The molecule has 13 heavy (non-hydrogen) atoms. The van der Waals surface area contributed by atoms with Crippen LogP contribution in [0.1, 0.15) is 32.6 Å². The van der Waals surface area contributed by atoms with Gasteiger partial charge in [-0.3, -0.25) is 4.90 Å². The first-order chi connectivity index (χ1) is 6.18. The zero-order chi connectivity index (χ0) is 9.31. The average Bonchev–Trinajstić information content (AvgIpc) is 2.63. The van der Waals surface area contributed by atoms with E-state index in [0.717, 1.165) is 19.0 Å². The highest BCUT2D eigenvalue weighted by molar-refractivity contribution is 4.90. The third kappa shape index (κ3) is 1.72. The lowest BCUT2D eigenvalue weighted by Crippen LogP contribution is -2.37. The average molecular weight is 181 g/mol. The normalized spacial score (nSPS) is 22.3. The number of rotatable bonds is 2. The van der Waals surface area contributed by atoms with E-state index >= 15 is 0 Å². The minimum Gasteiger partial charge on any atom is -0.338 e. The van der Waals surface area contributed by atoms with E-state index in [4.69, 9.17) is 4.52 Å². The molecule has 72 valence electrons. The van der Waals surface area contributed by atoms with E-state index in [1.165, 1.54) is 19.2 Å². The minimum absolute atomic E-state index is 0.286. The van der Waals surface area contributed by atoms with Crippen LogP contribution in [0.15, 0.2) is 10.9 Å². The highest BCUT2D eigenvalue weighted by atomic mass is 16.5. The van der Waals surface area contributed by atoms with E-state index in [2.05, 4.69) is 28.9 Å². The zero-order valence-corrected chi connectivity index (χ0v) is 8.16. The third-order valence-corrected chi connectivity index (χ3v) is 2.81. The Labute approximate surface area is 77.9 Å². The second-order valence-corrected chi connectivity index (χ2v) is 4.17. The Morgan fingerprint density at radius 3 is 3.00 bits per heavy atom. The Morgan fingerprint density at radius 1 is 1.62 bits per heavy atom. The van der Waals surface area contributed by atoms with Crippen molar-refractivity contribution in [1.29, 1.82) is 0 Å². The first-order valence-corrected chi connectivity index (χ1v) is 4.69. The van der Waals surface area contributed by atoms with E-state index < -0.39 is 0 Å². The fraction of sp³-hybridized carbons (Fsp3) is 0.778. The number of hydrogen-bond donors (Lipinski definition) is 0. The van der Waals surface area contributed by atoms with E-state index in [1.54, 1.807) is 0 Å². The smallest absolute Gasteiger partial charge is 0.240 e. The molecule has 2 heterocycles. The molecule has 1 aromatic heterocycles. The fourth-order valence-corrected chi connectivity index (χ4v) is 1.89. The fourth-order valence-electron chi connectivity index (χ4n) is 1.89. The standard InChI is InChI=1S/C9H15N3O/c1-9(2)4-3-5-12(9)6-8-10-7-11-13-8/h7H,3-6H2,1-2H3. The highest BCUT2D eigenvalue weighted by Crippen LogP contribution is 2.29. The summed E-state index contributed by atoms with van der Waals surface area (Å²) in [6.45, 7) is 6.44. The molecule has 0 bridgehead atoms. The van der Waals surface area contributed by atoms with Crippen molar-refractivity contribution >= 4 is 0 Å². The van der Waals surface area contributed by atoms with Crippen molar-refractivity contribution in [3.63, 3.8) is 0 Å². The van der Waals surface area contributed by atoms with Gasteiger partial charge < -0.3 is 4.52 Å². The predicted molar refractivity (Wildman–Crippen MR) is 48.0 cm³/mol. The second kappa shape index (κ2) is 3.10. The van der Waals surface area contributed by atoms with Gasteiger partial charge in [0.25, 0.3) is 0 Å². The largest absolute Gasteiger partial charge is 0.338 e. The Kier molecular flexibility index (Phi) is 2.07. The summed E-state index contributed by atoms with van der Waals surface area (Å²) in [6, 6.07) is 0. The van der Waals surface area contributed by atoms with E-state index in [1.807, 2.05) is 0 Å². The van der Waals surface area contributed by atoms with Gasteiger partial charge in [-0.05, 0) is 33.2 Å². The summed E-state index contributed by atoms with van der Waals surface area (Å²) in [7, 11) is 0. The van der Waals surface area contributed by atoms with Crippen LogP contribution in [0.5, 0.6) is 0 Å². The summed E-state index contributed by atoms with van der Waals surface area (Å²) < 4.78 is 4.99. The van der Waals surface area contributed by atoms with Crippen molar-refractivity contribution in [1.82, 2.24) is 15.0 Å². The van der Waals surface area contributed by atoms with Crippen LogP contribution in [0.4, 0.5) is 0 Å². The molecule has 0 saturated carbocycles.